The Balaban J connectivity index is 2.25. The molecule has 1 aromatic carbocycles. The summed E-state index contributed by atoms with van der Waals surface area (Å²) in [6.07, 6.45) is 5.00. The summed E-state index contributed by atoms with van der Waals surface area (Å²) in [5.74, 6) is 0. The molecule has 0 spiro atoms. The molecular weight excluding hydrogens is 268 g/mol. The molecule has 2 rings (SSSR count). The van der Waals surface area contributed by atoms with Crippen LogP contribution in [0.5, 0.6) is 0 Å². The van der Waals surface area contributed by atoms with E-state index in [1.165, 1.54) is 6.20 Å². The first-order valence-corrected chi connectivity index (χ1v) is 7.89. The van der Waals surface area contributed by atoms with Crippen molar-refractivity contribution in [3.63, 3.8) is 0 Å². The summed E-state index contributed by atoms with van der Waals surface area (Å²) < 4.78 is 26.6. The van der Waals surface area contributed by atoms with Gasteiger partial charge in [-0.25, -0.2) is 8.42 Å². The Bertz CT molecular complexity index is 610. The lowest BCUT2D eigenvalue weighted by Crippen LogP contribution is -2.12. The van der Waals surface area contributed by atoms with Crippen LogP contribution >= 0.6 is 11.8 Å². The van der Waals surface area contributed by atoms with Crippen LogP contribution in [0.4, 0.5) is 5.69 Å². The number of anilines is 1. The SMILES string of the molecule is CSc1ccc(S(=O)(=O)Nc2cccnc2)cc1. The molecule has 1 heterocycles. The number of rotatable bonds is 4. The van der Waals surface area contributed by atoms with E-state index in [1.807, 2.05) is 6.26 Å². The van der Waals surface area contributed by atoms with E-state index < -0.39 is 10.0 Å². The average Bonchev–Trinajstić information content (AvgIpc) is 2.39. The Hall–Kier alpha value is -1.53. The normalized spacial score (nSPS) is 11.2. The zero-order valence-electron chi connectivity index (χ0n) is 9.70. The summed E-state index contributed by atoms with van der Waals surface area (Å²) in [5.41, 5.74) is 0.450. The summed E-state index contributed by atoms with van der Waals surface area (Å²) in [4.78, 5) is 5.12. The topological polar surface area (TPSA) is 59.1 Å². The minimum Gasteiger partial charge on any atom is -0.278 e. The molecule has 0 bridgehead atoms. The van der Waals surface area contributed by atoms with Gasteiger partial charge in [-0.1, -0.05) is 0 Å². The van der Waals surface area contributed by atoms with Gasteiger partial charge in [0.15, 0.2) is 0 Å². The standard InChI is InChI=1S/C12H12N2O2S2/c1-17-11-4-6-12(7-5-11)18(15,16)14-10-3-2-8-13-9-10/h2-9,14H,1H3. The average molecular weight is 280 g/mol. The van der Waals surface area contributed by atoms with Gasteiger partial charge in [0.05, 0.1) is 16.8 Å². The lowest BCUT2D eigenvalue weighted by atomic mass is 10.4. The molecule has 94 valence electrons. The fraction of sp³-hybridized carbons (Fsp3) is 0.0833. The largest absolute Gasteiger partial charge is 0.278 e. The zero-order chi connectivity index (χ0) is 13.0. The molecule has 0 saturated heterocycles. The van der Waals surface area contributed by atoms with E-state index in [-0.39, 0.29) is 4.90 Å². The van der Waals surface area contributed by atoms with Crippen molar-refractivity contribution in [2.75, 3.05) is 11.0 Å². The molecule has 0 saturated carbocycles. The maximum atomic E-state index is 12.1. The molecule has 1 aromatic heterocycles. The molecule has 6 heteroatoms. The van der Waals surface area contributed by atoms with Crippen molar-refractivity contribution in [1.82, 2.24) is 4.98 Å². The van der Waals surface area contributed by atoms with Crippen LogP contribution in [0, 0.1) is 0 Å². The Morgan fingerprint density at radius 1 is 1.17 bits per heavy atom. The summed E-state index contributed by atoms with van der Waals surface area (Å²) in [5, 5.41) is 0. The van der Waals surface area contributed by atoms with Crippen LogP contribution < -0.4 is 4.72 Å². The first kappa shape index (κ1) is 12.9. The molecule has 0 aliphatic heterocycles. The first-order valence-electron chi connectivity index (χ1n) is 5.19. The van der Waals surface area contributed by atoms with Gasteiger partial charge in [-0.05, 0) is 42.7 Å². The fourth-order valence-electron chi connectivity index (χ4n) is 1.39. The van der Waals surface area contributed by atoms with E-state index in [2.05, 4.69) is 9.71 Å². The molecule has 4 nitrogen and oxygen atoms in total. The molecule has 0 fully saturated rings. The molecule has 0 unspecified atom stereocenters. The second-order valence-corrected chi connectivity index (χ2v) is 6.08. The van der Waals surface area contributed by atoms with Crippen molar-refractivity contribution < 1.29 is 8.42 Å². The van der Waals surface area contributed by atoms with Crippen LogP contribution in [-0.4, -0.2) is 19.7 Å². The number of thioether (sulfide) groups is 1. The number of pyridine rings is 1. The van der Waals surface area contributed by atoms with Gasteiger partial charge in [0, 0.05) is 11.1 Å². The third kappa shape index (κ3) is 3.02. The highest BCUT2D eigenvalue weighted by molar-refractivity contribution is 7.98. The summed E-state index contributed by atoms with van der Waals surface area (Å²) in [6, 6.07) is 10.1. The Labute approximate surface area is 111 Å². The molecule has 18 heavy (non-hydrogen) atoms. The number of hydrogen-bond donors (Lipinski definition) is 1. The van der Waals surface area contributed by atoms with E-state index in [0.717, 1.165) is 4.90 Å². The maximum Gasteiger partial charge on any atom is 0.261 e. The Morgan fingerprint density at radius 3 is 2.44 bits per heavy atom. The highest BCUT2D eigenvalue weighted by atomic mass is 32.2. The number of hydrogen-bond acceptors (Lipinski definition) is 4. The fourth-order valence-corrected chi connectivity index (χ4v) is 2.84. The molecule has 1 N–H and O–H groups in total. The van der Waals surface area contributed by atoms with Crippen molar-refractivity contribution in [1.29, 1.82) is 0 Å². The zero-order valence-corrected chi connectivity index (χ0v) is 11.3. The Kier molecular flexibility index (Phi) is 3.88. The van der Waals surface area contributed by atoms with Crippen molar-refractivity contribution in [2.45, 2.75) is 9.79 Å². The van der Waals surface area contributed by atoms with Crippen LogP contribution in [0.2, 0.25) is 0 Å². The molecule has 0 amide bonds. The number of nitrogens with one attached hydrogen (secondary N) is 1. The highest BCUT2D eigenvalue weighted by Crippen LogP contribution is 2.19. The van der Waals surface area contributed by atoms with Gasteiger partial charge in [0.1, 0.15) is 0 Å². The first-order chi connectivity index (χ1) is 8.62. The lowest BCUT2D eigenvalue weighted by molar-refractivity contribution is 0.601. The van der Waals surface area contributed by atoms with Crippen molar-refractivity contribution in [3.05, 3.63) is 48.8 Å². The molecule has 0 aliphatic rings. The van der Waals surface area contributed by atoms with Gasteiger partial charge < -0.3 is 0 Å². The van der Waals surface area contributed by atoms with E-state index in [1.54, 1.807) is 54.4 Å². The number of benzene rings is 1. The van der Waals surface area contributed by atoms with Gasteiger partial charge in [-0.2, -0.15) is 0 Å². The van der Waals surface area contributed by atoms with Crippen LogP contribution in [0.15, 0.2) is 58.6 Å². The minimum absolute atomic E-state index is 0.240. The van der Waals surface area contributed by atoms with E-state index in [4.69, 9.17) is 0 Å². The van der Waals surface area contributed by atoms with Gasteiger partial charge >= 0.3 is 0 Å². The Morgan fingerprint density at radius 2 is 1.89 bits per heavy atom. The van der Waals surface area contributed by atoms with Crippen LogP contribution in [0.1, 0.15) is 0 Å². The van der Waals surface area contributed by atoms with E-state index >= 15 is 0 Å². The maximum absolute atomic E-state index is 12.1. The smallest absolute Gasteiger partial charge is 0.261 e. The van der Waals surface area contributed by atoms with Crippen LogP contribution in [-0.2, 0) is 10.0 Å². The predicted octanol–water partition coefficient (Wildman–Crippen LogP) is 2.60. The molecule has 0 aliphatic carbocycles. The van der Waals surface area contributed by atoms with Gasteiger partial charge in [0.25, 0.3) is 10.0 Å². The predicted molar refractivity (Wildman–Crippen MR) is 73.3 cm³/mol. The number of sulfonamides is 1. The minimum atomic E-state index is -3.54. The van der Waals surface area contributed by atoms with Gasteiger partial charge in [-0.15, -0.1) is 11.8 Å². The highest BCUT2D eigenvalue weighted by Gasteiger charge is 2.13. The summed E-state index contributed by atoms with van der Waals surface area (Å²) in [6.45, 7) is 0. The second kappa shape index (κ2) is 5.41. The van der Waals surface area contributed by atoms with Crippen LogP contribution in [0.25, 0.3) is 0 Å². The summed E-state index contributed by atoms with van der Waals surface area (Å²) in [7, 11) is -3.54. The van der Waals surface area contributed by atoms with Crippen molar-refractivity contribution >= 4 is 27.5 Å². The lowest BCUT2D eigenvalue weighted by Gasteiger charge is -2.07. The van der Waals surface area contributed by atoms with Crippen molar-refractivity contribution in [3.8, 4) is 0 Å². The van der Waals surface area contributed by atoms with Gasteiger partial charge in [-0.3, -0.25) is 9.71 Å². The monoisotopic (exact) mass is 280 g/mol. The van der Waals surface area contributed by atoms with Gasteiger partial charge in [0.2, 0.25) is 0 Å². The molecule has 0 radical (unpaired) electrons. The second-order valence-electron chi connectivity index (χ2n) is 3.52. The third-order valence-corrected chi connectivity index (χ3v) is 4.42. The van der Waals surface area contributed by atoms with E-state index in [9.17, 15) is 8.42 Å². The molecule has 0 atom stereocenters. The molecule has 2 aromatic rings. The summed E-state index contributed by atoms with van der Waals surface area (Å²) >= 11 is 1.57. The number of aromatic nitrogens is 1. The third-order valence-electron chi connectivity index (χ3n) is 2.28. The quantitative estimate of drug-likeness (QED) is 0.875. The molecular formula is C12H12N2O2S2. The van der Waals surface area contributed by atoms with E-state index in [0.29, 0.717) is 5.69 Å². The van der Waals surface area contributed by atoms with Crippen molar-refractivity contribution in [2.24, 2.45) is 0 Å². The van der Waals surface area contributed by atoms with Crippen LogP contribution in [0.3, 0.4) is 0 Å². The number of nitrogens with zero attached hydrogens (tertiary/aromatic N) is 1.